The van der Waals surface area contributed by atoms with Crippen molar-refractivity contribution in [3.05, 3.63) is 10.4 Å². The highest BCUT2D eigenvalue weighted by molar-refractivity contribution is 5.66. The van der Waals surface area contributed by atoms with Gasteiger partial charge in [-0.2, -0.15) is 0 Å². The van der Waals surface area contributed by atoms with Crippen LogP contribution in [0.1, 0.15) is 20.3 Å². The summed E-state index contributed by atoms with van der Waals surface area (Å²) in [5, 5.41) is 13.0. The Kier molecular flexibility index (Phi) is 5.56. The maximum absolute atomic E-state index is 11.0. The fourth-order valence-electron chi connectivity index (χ4n) is 1.78. The van der Waals surface area contributed by atoms with Crippen molar-refractivity contribution < 1.29 is 28.9 Å². The summed E-state index contributed by atoms with van der Waals surface area (Å²) < 4.78 is 14.9. The highest BCUT2D eigenvalue weighted by Gasteiger charge is 2.40. The number of azide groups is 1. The zero-order chi connectivity index (χ0) is 14.4. The van der Waals surface area contributed by atoms with Crippen LogP contribution in [0.25, 0.3) is 10.4 Å². The van der Waals surface area contributed by atoms with Crippen molar-refractivity contribution in [3.63, 3.8) is 0 Å². The van der Waals surface area contributed by atoms with Crippen LogP contribution in [-0.2, 0) is 23.8 Å². The van der Waals surface area contributed by atoms with E-state index in [1.165, 1.54) is 13.8 Å². The lowest BCUT2D eigenvalue weighted by atomic mass is 9.99. The molecule has 1 aliphatic heterocycles. The fraction of sp³-hybridized carbons (Fsp3) is 0.800. The Labute approximate surface area is 109 Å². The van der Waals surface area contributed by atoms with E-state index in [-0.39, 0.29) is 13.0 Å². The topological polar surface area (TPSA) is 131 Å². The van der Waals surface area contributed by atoms with Crippen LogP contribution in [0, 0.1) is 0 Å². The van der Waals surface area contributed by atoms with E-state index in [1.54, 1.807) is 0 Å². The molecule has 1 saturated heterocycles. The molecule has 0 aliphatic carbocycles. The molecule has 0 radical (unpaired) electrons. The second-order valence-corrected chi connectivity index (χ2v) is 4.01. The molecule has 0 unspecified atom stereocenters. The molecule has 0 aromatic carbocycles. The lowest BCUT2D eigenvalue weighted by molar-refractivity contribution is -0.225. The van der Waals surface area contributed by atoms with Crippen LogP contribution in [0.5, 0.6) is 0 Å². The molecule has 1 N–H and O–H groups in total. The molecular weight excluding hydrogens is 258 g/mol. The van der Waals surface area contributed by atoms with Gasteiger partial charge in [0, 0.05) is 25.2 Å². The Morgan fingerprint density at radius 3 is 2.68 bits per heavy atom. The monoisotopic (exact) mass is 273 g/mol. The fourth-order valence-corrected chi connectivity index (χ4v) is 1.78. The standard InChI is InChI=1S/C10H15N3O6/c1-5(14)17-4-8-10(18-6(2)15)7(12-13-11)3-9(16)19-8/h7-10,16H,3-4H2,1-2H3/t7-,8-,9-,10+/m1/s1. The number of carbonyl (C=O) groups is 2. The Morgan fingerprint density at radius 1 is 1.47 bits per heavy atom. The molecule has 0 bridgehead atoms. The van der Waals surface area contributed by atoms with Crippen molar-refractivity contribution in [2.45, 2.75) is 44.8 Å². The van der Waals surface area contributed by atoms with Crippen LogP contribution >= 0.6 is 0 Å². The van der Waals surface area contributed by atoms with Crippen molar-refractivity contribution in [1.29, 1.82) is 0 Å². The molecule has 0 amide bonds. The van der Waals surface area contributed by atoms with Gasteiger partial charge in [0.15, 0.2) is 6.29 Å². The summed E-state index contributed by atoms with van der Waals surface area (Å²) in [4.78, 5) is 24.5. The summed E-state index contributed by atoms with van der Waals surface area (Å²) in [7, 11) is 0. The Morgan fingerprint density at radius 2 is 2.16 bits per heavy atom. The van der Waals surface area contributed by atoms with Crippen molar-refractivity contribution in [1.82, 2.24) is 0 Å². The van der Waals surface area contributed by atoms with Gasteiger partial charge < -0.3 is 19.3 Å². The SMILES string of the molecule is CC(=O)OC[C@H]1O[C@@H](O)C[C@@H](N=[N+]=[N-])[C@@H]1OC(C)=O. The van der Waals surface area contributed by atoms with Crippen LogP contribution in [0.15, 0.2) is 5.11 Å². The zero-order valence-electron chi connectivity index (χ0n) is 10.6. The van der Waals surface area contributed by atoms with E-state index in [2.05, 4.69) is 10.0 Å². The van der Waals surface area contributed by atoms with Gasteiger partial charge in [0.25, 0.3) is 0 Å². The highest BCUT2D eigenvalue weighted by Crippen LogP contribution is 2.25. The van der Waals surface area contributed by atoms with Crippen LogP contribution in [0.4, 0.5) is 0 Å². The third-order valence-electron chi connectivity index (χ3n) is 2.47. The van der Waals surface area contributed by atoms with Crippen LogP contribution in [0.2, 0.25) is 0 Å². The van der Waals surface area contributed by atoms with E-state index >= 15 is 0 Å². The second-order valence-electron chi connectivity index (χ2n) is 4.01. The van der Waals surface area contributed by atoms with Crippen molar-refractivity contribution in [2.24, 2.45) is 5.11 Å². The third kappa shape index (κ3) is 4.74. The first-order chi connectivity index (χ1) is 8.93. The van der Waals surface area contributed by atoms with Gasteiger partial charge in [-0.25, -0.2) is 0 Å². The second kappa shape index (κ2) is 6.93. The number of carbonyl (C=O) groups excluding carboxylic acids is 2. The number of nitrogens with zero attached hydrogens (tertiary/aromatic N) is 3. The normalized spacial score (nSPS) is 30.1. The molecule has 0 aromatic heterocycles. The molecule has 9 heteroatoms. The van der Waals surface area contributed by atoms with Crippen molar-refractivity contribution in [2.75, 3.05) is 6.61 Å². The summed E-state index contributed by atoms with van der Waals surface area (Å²) in [6.07, 6.45) is -2.97. The Bertz CT molecular complexity index is 395. The molecule has 1 aliphatic rings. The van der Waals surface area contributed by atoms with E-state index in [1.807, 2.05) is 0 Å². The largest absolute Gasteiger partial charge is 0.463 e. The predicted molar refractivity (Wildman–Crippen MR) is 60.6 cm³/mol. The van der Waals surface area contributed by atoms with Gasteiger partial charge in [0.1, 0.15) is 18.8 Å². The average Bonchev–Trinajstić information content (AvgIpc) is 2.30. The van der Waals surface area contributed by atoms with E-state index in [0.717, 1.165) is 0 Å². The first-order valence-electron chi connectivity index (χ1n) is 5.62. The summed E-state index contributed by atoms with van der Waals surface area (Å²) in [5.74, 6) is -1.12. The van der Waals surface area contributed by atoms with Gasteiger partial charge in [-0.3, -0.25) is 9.59 Å². The minimum Gasteiger partial charge on any atom is -0.463 e. The summed E-state index contributed by atoms with van der Waals surface area (Å²) >= 11 is 0. The average molecular weight is 273 g/mol. The summed E-state index contributed by atoms with van der Waals surface area (Å²) in [5.41, 5.74) is 8.47. The first kappa shape index (κ1) is 15.2. The van der Waals surface area contributed by atoms with E-state index in [0.29, 0.717) is 0 Å². The minimum atomic E-state index is -1.18. The van der Waals surface area contributed by atoms with Gasteiger partial charge in [-0.1, -0.05) is 5.11 Å². The third-order valence-corrected chi connectivity index (χ3v) is 2.47. The highest BCUT2D eigenvalue weighted by atomic mass is 16.6. The molecule has 1 fully saturated rings. The molecule has 4 atom stereocenters. The number of esters is 2. The van der Waals surface area contributed by atoms with E-state index < -0.39 is 36.5 Å². The minimum absolute atomic E-state index is 0.00141. The summed E-state index contributed by atoms with van der Waals surface area (Å²) in [6.45, 7) is 2.20. The molecule has 0 spiro atoms. The zero-order valence-corrected chi connectivity index (χ0v) is 10.6. The quantitative estimate of drug-likeness (QED) is 0.338. The van der Waals surface area contributed by atoms with Gasteiger partial charge in [-0.15, -0.1) is 0 Å². The first-order valence-corrected chi connectivity index (χ1v) is 5.62. The smallest absolute Gasteiger partial charge is 0.303 e. The number of hydrogen-bond acceptors (Lipinski definition) is 7. The lowest BCUT2D eigenvalue weighted by Crippen LogP contribution is -2.51. The van der Waals surface area contributed by atoms with Crippen LogP contribution in [-0.4, -0.2) is 48.2 Å². The molecule has 1 heterocycles. The lowest BCUT2D eigenvalue weighted by Gasteiger charge is -2.37. The maximum atomic E-state index is 11.0. The maximum Gasteiger partial charge on any atom is 0.303 e. The van der Waals surface area contributed by atoms with Crippen LogP contribution < -0.4 is 0 Å². The van der Waals surface area contributed by atoms with Gasteiger partial charge in [0.2, 0.25) is 0 Å². The van der Waals surface area contributed by atoms with Gasteiger partial charge in [0.05, 0.1) is 6.04 Å². The van der Waals surface area contributed by atoms with E-state index in [9.17, 15) is 14.7 Å². The molecular formula is C10H15N3O6. The summed E-state index contributed by atoms with van der Waals surface area (Å²) in [6, 6.07) is -0.779. The Hall–Kier alpha value is -1.83. The molecule has 19 heavy (non-hydrogen) atoms. The number of aliphatic hydroxyl groups is 1. The molecule has 1 rings (SSSR count). The number of ether oxygens (including phenoxy) is 3. The molecule has 9 nitrogen and oxygen atoms in total. The van der Waals surface area contributed by atoms with Crippen molar-refractivity contribution >= 4 is 11.9 Å². The van der Waals surface area contributed by atoms with Gasteiger partial charge in [-0.05, 0) is 5.53 Å². The van der Waals surface area contributed by atoms with Crippen molar-refractivity contribution in [3.8, 4) is 0 Å². The molecule has 106 valence electrons. The van der Waals surface area contributed by atoms with E-state index in [4.69, 9.17) is 19.7 Å². The molecule has 0 saturated carbocycles. The molecule has 0 aromatic rings. The number of hydrogen-bond donors (Lipinski definition) is 1. The Balaban J connectivity index is 2.83. The predicted octanol–water partition coefficient (Wildman–Crippen LogP) is 0.267. The number of rotatable bonds is 4. The number of aliphatic hydroxyl groups excluding tert-OH is 1. The van der Waals surface area contributed by atoms with Crippen LogP contribution in [0.3, 0.4) is 0 Å². The van der Waals surface area contributed by atoms with Gasteiger partial charge >= 0.3 is 11.9 Å².